The third-order valence-electron chi connectivity index (χ3n) is 5.91. The Labute approximate surface area is 238 Å². The summed E-state index contributed by atoms with van der Waals surface area (Å²) in [7, 11) is -4.26. The van der Waals surface area contributed by atoms with Crippen LogP contribution in [0.5, 0.6) is 0 Å². The van der Waals surface area contributed by atoms with Crippen LogP contribution >= 0.6 is 23.2 Å². The summed E-state index contributed by atoms with van der Waals surface area (Å²) in [6.07, 6.45) is 0. The van der Waals surface area contributed by atoms with E-state index in [1.165, 1.54) is 59.5 Å². The monoisotopic (exact) mass is 593 g/mol. The van der Waals surface area contributed by atoms with Crippen molar-refractivity contribution >= 4 is 50.7 Å². The van der Waals surface area contributed by atoms with Crippen molar-refractivity contribution in [3.05, 3.63) is 94.2 Å². The Bertz CT molecular complexity index is 1400. The SMILES string of the molecule is CC(C)CNC(=O)[C@H](C)N(Cc1ccc(F)cc1)C(=O)CN(c1ccc(Cl)cc1Cl)S(=O)(=O)c1ccccc1. The lowest BCUT2D eigenvalue weighted by Crippen LogP contribution is -2.51. The van der Waals surface area contributed by atoms with Crippen LogP contribution in [0.25, 0.3) is 0 Å². The molecule has 3 rings (SSSR count). The Morgan fingerprint density at radius 3 is 2.18 bits per heavy atom. The van der Waals surface area contributed by atoms with Crippen molar-refractivity contribution in [1.82, 2.24) is 10.2 Å². The molecule has 39 heavy (non-hydrogen) atoms. The zero-order chi connectivity index (χ0) is 28.7. The van der Waals surface area contributed by atoms with Crippen molar-refractivity contribution in [2.45, 2.75) is 38.3 Å². The Morgan fingerprint density at radius 1 is 0.949 bits per heavy atom. The molecule has 3 aromatic rings. The van der Waals surface area contributed by atoms with E-state index in [1.807, 2.05) is 13.8 Å². The van der Waals surface area contributed by atoms with Gasteiger partial charge in [-0.15, -0.1) is 0 Å². The summed E-state index contributed by atoms with van der Waals surface area (Å²) in [5.74, 6) is -1.32. The van der Waals surface area contributed by atoms with Gasteiger partial charge in [0, 0.05) is 18.1 Å². The van der Waals surface area contributed by atoms with Gasteiger partial charge < -0.3 is 10.2 Å². The number of anilines is 1. The molecule has 0 radical (unpaired) electrons. The highest BCUT2D eigenvalue weighted by molar-refractivity contribution is 7.92. The zero-order valence-electron chi connectivity index (χ0n) is 21.8. The molecule has 0 heterocycles. The van der Waals surface area contributed by atoms with Crippen LogP contribution in [0.15, 0.2) is 77.7 Å². The van der Waals surface area contributed by atoms with E-state index in [1.54, 1.807) is 25.1 Å². The second-order valence-electron chi connectivity index (χ2n) is 9.38. The molecule has 0 aliphatic heterocycles. The number of rotatable bonds is 11. The smallest absolute Gasteiger partial charge is 0.264 e. The molecule has 0 spiro atoms. The van der Waals surface area contributed by atoms with Gasteiger partial charge in [-0.1, -0.05) is 67.4 Å². The predicted molar refractivity (Wildman–Crippen MR) is 152 cm³/mol. The van der Waals surface area contributed by atoms with Crippen LogP contribution in [-0.4, -0.2) is 44.3 Å². The van der Waals surface area contributed by atoms with Gasteiger partial charge in [-0.3, -0.25) is 13.9 Å². The fourth-order valence-corrected chi connectivity index (χ4v) is 5.75. The zero-order valence-corrected chi connectivity index (χ0v) is 24.1. The summed E-state index contributed by atoms with van der Waals surface area (Å²) in [5.41, 5.74) is 0.618. The molecule has 7 nitrogen and oxygen atoms in total. The van der Waals surface area contributed by atoms with E-state index in [-0.39, 0.29) is 28.1 Å². The molecule has 3 aromatic carbocycles. The quantitative estimate of drug-likeness (QED) is 0.317. The number of hydrogen-bond acceptors (Lipinski definition) is 4. The summed E-state index contributed by atoms with van der Waals surface area (Å²) in [6, 6.07) is 16.5. The van der Waals surface area contributed by atoms with Crippen LogP contribution in [-0.2, 0) is 26.2 Å². The topological polar surface area (TPSA) is 86.8 Å². The minimum atomic E-state index is -4.26. The molecule has 0 fully saturated rings. The van der Waals surface area contributed by atoms with Gasteiger partial charge in [0.2, 0.25) is 11.8 Å². The van der Waals surface area contributed by atoms with E-state index in [0.29, 0.717) is 17.1 Å². The third kappa shape index (κ3) is 7.94. The maximum atomic E-state index is 13.8. The Balaban J connectivity index is 2.03. The summed E-state index contributed by atoms with van der Waals surface area (Å²) in [4.78, 5) is 28.0. The molecule has 0 aromatic heterocycles. The number of nitrogens with one attached hydrogen (secondary N) is 1. The van der Waals surface area contributed by atoms with Crippen LogP contribution in [0.3, 0.4) is 0 Å². The van der Waals surface area contributed by atoms with Crippen LogP contribution in [0.2, 0.25) is 10.0 Å². The molecule has 0 saturated carbocycles. The van der Waals surface area contributed by atoms with Gasteiger partial charge in [0.15, 0.2) is 0 Å². The number of sulfonamides is 1. The molecule has 0 aliphatic rings. The first-order chi connectivity index (χ1) is 18.4. The molecule has 11 heteroatoms. The third-order valence-corrected chi connectivity index (χ3v) is 8.22. The lowest BCUT2D eigenvalue weighted by molar-refractivity contribution is -0.139. The first-order valence-corrected chi connectivity index (χ1v) is 14.4. The normalized spacial score (nSPS) is 12.2. The maximum Gasteiger partial charge on any atom is 0.264 e. The van der Waals surface area contributed by atoms with Crippen LogP contribution in [0, 0.1) is 11.7 Å². The molecule has 0 unspecified atom stereocenters. The van der Waals surface area contributed by atoms with Crippen molar-refractivity contribution in [1.29, 1.82) is 0 Å². The number of carbonyl (C=O) groups excluding carboxylic acids is 2. The Hall–Kier alpha value is -3.14. The largest absolute Gasteiger partial charge is 0.354 e. The number of hydrogen-bond donors (Lipinski definition) is 1. The fraction of sp³-hybridized carbons (Fsp3) is 0.286. The lowest BCUT2D eigenvalue weighted by Gasteiger charge is -2.32. The molecule has 2 amide bonds. The van der Waals surface area contributed by atoms with Gasteiger partial charge in [0.25, 0.3) is 10.0 Å². The first kappa shape index (κ1) is 30.4. The Kier molecular flexibility index (Phi) is 10.4. The molecule has 0 bridgehead atoms. The van der Waals surface area contributed by atoms with E-state index in [9.17, 15) is 22.4 Å². The van der Waals surface area contributed by atoms with Gasteiger partial charge in [0.1, 0.15) is 18.4 Å². The van der Waals surface area contributed by atoms with Crippen LogP contribution in [0.1, 0.15) is 26.3 Å². The minimum absolute atomic E-state index is 0.0302. The van der Waals surface area contributed by atoms with Gasteiger partial charge in [0.05, 0.1) is 15.6 Å². The standard InChI is InChI=1S/C28H30Cl2FN3O4S/c1-19(2)16-32-28(36)20(3)33(17-21-9-12-23(31)13-10-21)27(35)18-34(26-14-11-22(29)15-25(26)30)39(37,38)24-7-5-4-6-8-24/h4-15,19-20H,16-18H2,1-3H3,(H,32,36)/t20-/m0/s1. The second-order valence-corrected chi connectivity index (χ2v) is 12.1. The maximum absolute atomic E-state index is 13.8. The van der Waals surface area contributed by atoms with Crippen molar-refractivity contribution in [2.24, 2.45) is 5.92 Å². The highest BCUT2D eigenvalue weighted by Gasteiger charge is 2.33. The van der Waals surface area contributed by atoms with E-state index in [0.717, 1.165) is 4.31 Å². The van der Waals surface area contributed by atoms with E-state index < -0.39 is 40.2 Å². The lowest BCUT2D eigenvalue weighted by atomic mass is 10.1. The molecular weight excluding hydrogens is 564 g/mol. The number of amides is 2. The molecule has 1 N–H and O–H groups in total. The van der Waals surface area contributed by atoms with Crippen molar-refractivity contribution in [2.75, 3.05) is 17.4 Å². The highest BCUT2D eigenvalue weighted by atomic mass is 35.5. The molecule has 0 saturated heterocycles. The second kappa shape index (κ2) is 13.3. The molecule has 1 atom stereocenters. The van der Waals surface area contributed by atoms with Crippen molar-refractivity contribution in [3.8, 4) is 0 Å². The number of halogens is 3. The predicted octanol–water partition coefficient (Wildman–Crippen LogP) is 5.52. The molecule has 0 aliphatic carbocycles. The minimum Gasteiger partial charge on any atom is -0.354 e. The first-order valence-electron chi connectivity index (χ1n) is 12.2. The number of benzene rings is 3. The van der Waals surface area contributed by atoms with E-state index in [2.05, 4.69) is 5.32 Å². The average molecular weight is 595 g/mol. The van der Waals surface area contributed by atoms with Gasteiger partial charge in [-0.25, -0.2) is 12.8 Å². The van der Waals surface area contributed by atoms with Gasteiger partial charge in [-0.2, -0.15) is 0 Å². The van der Waals surface area contributed by atoms with E-state index in [4.69, 9.17) is 23.2 Å². The summed E-state index contributed by atoms with van der Waals surface area (Å²) >= 11 is 12.4. The summed E-state index contributed by atoms with van der Waals surface area (Å²) in [6.45, 7) is 5.13. The Morgan fingerprint density at radius 2 is 1.59 bits per heavy atom. The molecule has 208 valence electrons. The van der Waals surface area contributed by atoms with Crippen molar-refractivity contribution < 1.29 is 22.4 Å². The summed E-state index contributed by atoms with van der Waals surface area (Å²) < 4.78 is 41.9. The fourth-order valence-electron chi connectivity index (χ4n) is 3.74. The van der Waals surface area contributed by atoms with Crippen LogP contribution < -0.4 is 9.62 Å². The highest BCUT2D eigenvalue weighted by Crippen LogP contribution is 2.33. The van der Waals surface area contributed by atoms with Gasteiger partial charge >= 0.3 is 0 Å². The van der Waals surface area contributed by atoms with Crippen LogP contribution in [0.4, 0.5) is 10.1 Å². The van der Waals surface area contributed by atoms with E-state index >= 15 is 0 Å². The van der Waals surface area contributed by atoms with Gasteiger partial charge in [-0.05, 0) is 60.9 Å². The number of carbonyl (C=O) groups is 2. The molecular formula is C28H30Cl2FN3O4S. The van der Waals surface area contributed by atoms with Crippen molar-refractivity contribution in [3.63, 3.8) is 0 Å². The average Bonchev–Trinajstić information content (AvgIpc) is 2.90. The number of nitrogens with zero attached hydrogens (tertiary/aromatic N) is 2. The summed E-state index contributed by atoms with van der Waals surface area (Å²) in [5, 5.41) is 3.13.